The summed E-state index contributed by atoms with van der Waals surface area (Å²) in [5, 5.41) is 4.71. The molecule has 0 aromatic carbocycles. The summed E-state index contributed by atoms with van der Waals surface area (Å²) in [6, 6.07) is 7.58. The Morgan fingerprint density at radius 2 is 2.05 bits per heavy atom. The Kier molecular flexibility index (Phi) is 3.97. The van der Waals surface area contributed by atoms with Crippen molar-refractivity contribution in [2.45, 2.75) is 19.3 Å². The molecule has 0 unspecified atom stereocenters. The molecule has 0 atom stereocenters. The molecule has 5 heteroatoms. The van der Waals surface area contributed by atoms with E-state index in [0.717, 1.165) is 18.8 Å². The first kappa shape index (κ1) is 13.1. The molecule has 0 saturated carbocycles. The van der Waals surface area contributed by atoms with Crippen LogP contribution in [0.4, 0.5) is 11.5 Å². The van der Waals surface area contributed by atoms with Crippen molar-refractivity contribution in [2.75, 3.05) is 23.3 Å². The van der Waals surface area contributed by atoms with Gasteiger partial charge >= 0.3 is 0 Å². The van der Waals surface area contributed by atoms with E-state index in [1.165, 1.54) is 30.6 Å². The number of anilines is 2. The van der Waals surface area contributed by atoms with Crippen LogP contribution in [0.15, 0.2) is 35.8 Å². The Morgan fingerprint density at radius 1 is 1.20 bits per heavy atom. The van der Waals surface area contributed by atoms with Crippen LogP contribution in [0, 0.1) is 0 Å². The summed E-state index contributed by atoms with van der Waals surface area (Å²) in [5.74, 6) is 0.502. The number of hydrogen-bond donors (Lipinski definition) is 1. The van der Waals surface area contributed by atoms with E-state index in [4.69, 9.17) is 0 Å². The molecule has 0 radical (unpaired) electrons. The molecule has 3 heterocycles. The molecule has 0 aliphatic carbocycles. The van der Waals surface area contributed by atoms with Crippen LogP contribution in [0.3, 0.4) is 0 Å². The number of thiophene rings is 1. The van der Waals surface area contributed by atoms with Gasteiger partial charge in [-0.3, -0.25) is 4.79 Å². The van der Waals surface area contributed by atoms with E-state index in [1.807, 2.05) is 35.8 Å². The van der Waals surface area contributed by atoms with Crippen molar-refractivity contribution in [3.05, 3.63) is 40.7 Å². The topological polar surface area (TPSA) is 45.2 Å². The van der Waals surface area contributed by atoms with Crippen LogP contribution in [0.2, 0.25) is 0 Å². The second-order valence-corrected chi connectivity index (χ2v) is 5.83. The quantitative estimate of drug-likeness (QED) is 0.941. The third kappa shape index (κ3) is 2.99. The Morgan fingerprint density at radius 3 is 2.70 bits per heavy atom. The smallest absolute Gasteiger partial charge is 0.266 e. The molecule has 1 saturated heterocycles. The van der Waals surface area contributed by atoms with Gasteiger partial charge in [-0.15, -0.1) is 11.3 Å². The molecule has 1 amide bonds. The maximum Gasteiger partial charge on any atom is 0.266 e. The number of carbonyl (C=O) groups excluding carboxylic acids is 1. The van der Waals surface area contributed by atoms with Crippen molar-refractivity contribution in [1.82, 2.24) is 4.98 Å². The lowest BCUT2D eigenvalue weighted by Gasteiger charge is -2.28. The molecule has 104 valence electrons. The molecule has 20 heavy (non-hydrogen) atoms. The van der Waals surface area contributed by atoms with Crippen LogP contribution in [-0.2, 0) is 0 Å². The summed E-state index contributed by atoms with van der Waals surface area (Å²) < 4.78 is 0. The van der Waals surface area contributed by atoms with E-state index in [2.05, 4.69) is 15.2 Å². The van der Waals surface area contributed by atoms with E-state index in [1.54, 1.807) is 0 Å². The van der Waals surface area contributed by atoms with Gasteiger partial charge in [0, 0.05) is 13.1 Å². The van der Waals surface area contributed by atoms with E-state index in [9.17, 15) is 4.79 Å². The number of hydrogen-bond acceptors (Lipinski definition) is 4. The molecule has 0 spiro atoms. The second kappa shape index (κ2) is 6.05. The summed E-state index contributed by atoms with van der Waals surface area (Å²) >= 11 is 1.43. The van der Waals surface area contributed by atoms with Crippen LogP contribution in [0.5, 0.6) is 0 Å². The fourth-order valence-electron chi connectivity index (χ4n) is 2.38. The minimum absolute atomic E-state index is 0.0989. The van der Waals surface area contributed by atoms with Crippen molar-refractivity contribution < 1.29 is 4.79 Å². The highest BCUT2D eigenvalue weighted by atomic mass is 32.1. The maximum absolute atomic E-state index is 11.9. The van der Waals surface area contributed by atoms with Crippen LogP contribution in [0.1, 0.15) is 28.9 Å². The standard InChI is InChI=1S/C15H17N3OS/c19-15(13-5-4-10-20-13)17-14-7-6-12(11-16-14)18-8-2-1-3-9-18/h4-7,10-11H,1-3,8-9H2,(H,16,17,19). The maximum atomic E-state index is 11.9. The minimum Gasteiger partial charge on any atom is -0.370 e. The first-order valence-corrected chi connectivity index (χ1v) is 7.77. The Bertz CT molecular complexity index is 559. The zero-order valence-electron chi connectivity index (χ0n) is 11.2. The van der Waals surface area contributed by atoms with Gasteiger partial charge in [-0.25, -0.2) is 4.98 Å². The van der Waals surface area contributed by atoms with Gasteiger partial charge in [-0.1, -0.05) is 6.07 Å². The van der Waals surface area contributed by atoms with Crippen LogP contribution in [0.25, 0.3) is 0 Å². The summed E-state index contributed by atoms with van der Waals surface area (Å²) in [6.07, 6.45) is 5.65. The lowest BCUT2D eigenvalue weighted by Crippen LogP contribution is -2.29. The Labute approximate surface area is 122 Å². The van der Waals surface area contributed by atoms with E-state index >= 15 is 0 Å². The van der Waals surface area contributed by atoms with Crippen LogP contribution >= 0.6 is 11.3 Å². The SMILES string of the molecule is O=C(Nc1ccc(N2CCCCC2)cn1)c1cccs1. The van der Waals surface area contributed by atoms with Crippen molar-refractivity contribution in [2.24, 2.45) is 0 Å². The fraction of sp³-hybridized carbons (Fsp3) is 0.333. The zero-order chi connectivity index (χ0) is 13.8. The third-order valence-electron chi connectivity index (χ3n) is 3.46. The van der Waals surface area contributed by atoms with Gasteiger partial charge in [0.25, 0.3) is 5.91 Å². The number of piperidine rings is 1. The highest BCUT2D eigenvalue weighted by Gasteiger charge is 2.12. The van der Waals surface area contributed by atoms with Gasteiger partial charge in [-0.2, -0.15) is 0 Å². The molecule has 1 aliphatic heterocycles. The van der Waals surface area contributed by atoms with E-state index < -0.39 is 0 Å². The summed E-state index contributed by atoms with van der Waals surface area (Å²) in [5.41, 5.74) is 1.14. The number of aromatic nitrogens is 1. The van der Waals surface area contributed by atoms with Gasteiger partial charge in [0.1, 0.15) is 5.82 Å². The zero-order valence-corrected chi connectivity index (χ0v) is 12.0. The van der Waals surface area contributed by atoms with Crippen molar-refractivity contribution in [3.8, 4) is 0 Å². The summed E-state index contributed by atoms with van der Waals surface area (Å²) in [6.45, 7) is 2.20. The summed E-state index contributed by atoms with van der Waals surface area (Å²) in [4.78, 5) is 19.3. The van der Waals surface area contributed by atoms with Crippen molar-refractivity contribution in [3.63, 3.8) is 0 Å². The minimum atomic E-state index is -0.0989. The highest BCUT2D eigenvalue weighted by Crippen LogP contribution is 2.20. The monoisotopic (exact) mass is 287 g/mol. The van der Waals surface area contributed by atoms with Gasteiger partial charge in [-0.05, 0) is 42.8 Å². The predicted molar refractivity (Wildman–Crippen MR) is 82.6 cm³/mol. The van der Waals surface area contributed by atoms with Gasteiger partial charge in [0.05, 0.1) is 16.8 Å². The number of carbonyl (C=O) groups is 1. The number of amides is 1. The number of pyridine rings is 1. The average Bonchev–Trinajstić information content (AvgIpc) is 3.03. The van der Waals surface area contributed by atoms with E-state index in [-0.39, 0.29) is 5.91 Å². The molecule has 2 aromatic heterocycles. The normalized spacial score (nSPS) is 15.1. The number of nitrogens with one attached hydrogen (secondary N) is 1. The molecule has 0 bridgehead atoms. The Balaban J connectivity index is 1.65. The first-order chi connectivity index (χ1) is 9.83. The molecule has 1 N–H and O–H groups in total. The largest absolute Gasteiger partial charge is 0.370 e. The van der Waals surface area contributed by atoms with Gasteiger partial charge in [0.15, 0.2) is 0 Å². The molecule has 4 nitrogen and oxygen atoms in total. The van der Waals surface area contributed by atoms with Crippen molar-refractivity contribution in [1.29, 1.82) is 0 Å². The first-order valence-electron chi connectivity index (χ1n) is 6.89. The van der Waals surface area contributed by atoms with E-state index in [0.29, 0.717) is 10.7 Å². The number of rotatable bonds is 3. The lowest BCUT2D eigenvalue weighted by atomic mass is 10.1. The molecular weight excluding hydrogens is 270 g/mol. The molecule has 1 fully saturated rings. The molecule has 3 rings (SSSR count). The Hall–Kier alpha value is -1.88. The lowest BCUT2D eigenvalue weighted by molar-refractivity contribution is 0.103. The average molecular weight is 287 g/mol. The van der Waals surface area contributed by atoms with Gasteiger partial charge in [0.2, 0.25) is 0 Å². The fourth-order valence-corrected chi connectivity index (χ4v) is 3.00. The summed E-state index contributed by atoms with van der Waals surface area (Å²) in [7, 11) is 0. The van der Waals surface area contributed by atoms with Crippen LogP contribution < -0.4 is 10.2 Å². The highest BCUT2D eigenvalue weighted by molar-refractivity contribution is 7.12. The van der Waals surface area contributed by atoms with Crippen LogP contribution in [-0.4, -0.2) is 24.0 Å². The molecular formula is C15H17N3OS. The van der Waals surface area contributed by atoms with Crippen molar-refractivity contribution >= 4 is 28.7 Å². The molecule has 1 aliphatic rings. The second-order valence-electron chi connectivity index (χ2n) is 4.88. The predicted octanol–water partition coefficient (Wildman–Crippen LogP) is 3.39. The molecule has 2 aromatic rings. The van der Waals surface area contributed by atoms with Gasteiger partial charge < -0.3 is 10.2 Å². The number of nitrogens with zero attached hydrogens (tertiary/aromatic N) is 2. The third-order valence-corrected chi connectivity index (χ3v) is 4.32.